The van der Waals surface area contributed by atoms with Gasteiger partial charge in [-0.2, -0.15) is 0 Å². The molecule has 1 aliphatic carbocycles. The molecule has 0 aliphatic heterocycles. The highest BCUT2D eigenvalue weighted by atomic mass is 35.5. The van der Waals surface area contributed by atoms with Gasteiger partial charge in [0.15, 0.2) is 0 Å². The van der Waals surface area contributed by atoms with E-state index in [0.717, 1.165) is 12.5 Å². The molecule has 1 saturated carbocycles. The molecule has 12 heavy (non-hydrogen) atoms. The van der Waals surface area contributed by atoms with E-state index in [2.05, 4.69) is 5.43 Å². The molecule has 3 heteroatoms. The fourth-order valence-electron chi connectivity index (χ4n) is 1.94. The molecule has 0 heterocycles. The van der Waals surface area contributed by atoms with E-state index in [1.807, 2.05) is 0 Å². The molecule has 1 fully saturated rings. The third kappa shape index (κ3) is 4.96. The van der Waals surface area contributed by atoms with Crippen LogP contribution >= 0.6 is 12.4 Å². The van der Waals surface area contributed by atoms with Crippen LogP contribution in [0.15, 0.2) is 0 Å². The minimum atomic E-state index is 0. The molecule has 0 spiro atoms. The molecular formula is C9H21ClN2. The first kappa shape index (κ1) is 12.2. The maximum atomic E-state index is 5.23. The van der Waals surface area contributed by atoms with E-state index in [1.54, 1.807) is 0 Å². The quantitative estimate of drug-likeness (QED) is 0.409. The standard InChI is InChI=1S/C9H20N2.ClH/c10-11-8-7-9-5-3-1-2-4-6-9;/h9,11H,1-8,10H2;1H. The first-order chi connectivity index (χ1) is 5.43. The molecular weight excluding hydrogens is 172 g/mol. The summed E-state index contributed by atoms with van der Waals surface area (Å²) in [6, 6.07) is 0. The maximum Gasteiger partial charge on any atom is 0.01000 e. The Kier molecular flexibility index (Phi) is 7.98. The second-order valence-corrected chi connectivity index (χ2v) is 3.60. The summed E-state index contributed by atoms with van der Waals surface area (Å²) < 4.78 is 0. The van der Waals surface area contributed by atoms with Crippen molar-refractivity contribution in [3.8, 4) is 0 Å². The average Bonchev–Trinajstić information content (AvgIpc) is 2.28. The minimum absolute atomic E-state index is 0. The van der Waals surface area contributed by atoms with Crippen LogP contribution in [0.1, 0.15) is 44.9 Å². The van der Waals surface area contributed by atoms with Gasteiger partial charge in [0.05, 0.1) is 0 Å². The number of halogens is 1. The van der Waals surface area contributed by atoms with Gasteiger partial charge in [-0.1, -0.05) is 38.5 Å². The molecule has 0 aromatic rings. The number of hydrazine groups is 1. The predicted molar refractivity (Wildman–Crippen MR) is 55.2 cm³/mol. The van der Waals surface area contributed by atoms with Gasteiger partial charge in [0.25, 0.3) is 0 Å². The van der Waals surface area contributed by atoms with Gasteiger partial charge in [-0.05, 0) is 12.3 Å². The minimum Gasteiger partial charge on any atom is -0.271 e. The molecule has 1 aliphatic rings. The highest BCUT2D eigenvalue weighted by molar-refractivity contribution is 5.85. The third-order valence-electron chi connectivity index (χ3n) is 2.67. The summed E-state index contributed by atoms with van der Waals surface area (Å²) in [5.41, 5.74) is 2.74. The number of rotatable bonds is 3. The Morgan fingerprint density at radius 1 is 1.08 bits per heavy atom. The fraction of sp³-hybridized carbons (Fsp3) is 1.00. The second-order valence-electron chi connectivity index (χ2n) is 3.60. The summed E-state index contributed by atoms with van der Waals surface area (Å²) in [6.07, 6.45) is 9.92. The van der Waals surface area contributed by atoms with Crippen LogP contribution in [0.5, 0.6) is 0 Å². The van der Waals surface area contributed by atoms with Crippen LogP contribution in [0.4, 0.5) is 0 Å². The molecule has 1 rings (SSSR count). The molecule has 0 aromatic carbocycles. The topological polar surface area (TPSA) is 38.0 Å². The zero-order chi connectivity index (χ0) is 7.94. The molecule has 0 bridgehead atoms. The number of hydrogen-bond donors (Lipinski definition) is 2. The molecule has 2 nitrogen and oxygen atoms in total. The normalized spacial score (nSPS) is 19.8. The summed E-state index contributed by atoms with van der Waals surface area (Å²) in [6.45, 7) is 0.991. The Balaban J connectivity index is 0.00000121. The van der Waals surface area contributed by atoms with Gasteiger partial charge in [0, 0.05) is 6.54 Å². The van der Waals surface area contributed by atoms with Crippen LogP contribution < -0.4 is 11.3 Å². The molecule has 0 aromatic heterocycles. The molecule has 0 unspecified atom stereocenters. The Bertz CT molecular complexity index is 90.5. The number of hydrogen-bond acceptors (Lipinski definition) is 2. The van der Waals surface area contributed by atoms with Crippen LogP contribution in [-0.2, 0) is 0 Å². The van der Waals surface area contributed by atoms with Crippen molar-refractivity contribution in [3.63, 3.8) is 0 Å². The van der Waals surface area contributed by atoms with Crippen molar-refractivity contribution in [1.82, 2.24) is 5.43 Å². The Labute approximate surface area is 81.7 Å². The van der Waals surface area contributed by atoms with E-state index in [0.29, 0.717) is 0 Å². The highest BCUT2D eigenvalue weighted by Gasteiger charge is 2.10. The van der Waals surface area contributed by atoms with E-state index in [1.165, 1.54) is 44.9 Å². The van der Waals surface area contributed by atoms with Crippen LogP contribution in [-0.4, -0.2) is 6.54 Å². The first-order valence-electron chi connectivity index (χ1n) is 4.87. The van der Waals surface area contributed by atoms with E-state index < -0.39 is 0 Å². The molecule has 0 amide bonds. The molecule has 3 N–H and O–H groups in total. The van der Waals surface area contributed by atoms with E-state index in [-0.39, 0.29) is 12.4 Å². The zero-order valence-corrected chi connectivity index (χ0v) is 8.54. The summed E-state index contributed by atoms with van der Waals surface area (Å²) >= 11 is 0. The molecule has 0 saturated heterocycles. The van der Waals surface area contributed by atoms with Crippen molar-refractivity contribution < 1.29 is 0 Å². The lowest BCUT2D eigenvalue weighted by molar-refractivity contribution is 0.417. The SMILES string of the molecule is Cl.NNCCC1CCCCCC1. The predicted octanol–water partition coefficient (Wildman–Crippen LogP) is 2.23. The second kappa shape index (κ2) is 7.84. The highest BCUT2D eigenvalue weighted by Crippen LogP contribution is 2.24. The van der Waals surface area contributed by atoms with Crippen molar-refractivity contribution in [3.05, 3.63) is 0 Å². The summed E-state index contributed by atoms with van der Waals surface area (Å²) in [5.74, 6) is 6.19. The molecule has 0 radical (unpaired) electrons. The van der Waals surface area contributed by atoms with Crippen molar-refractivity contribution in [2.24, 2.45) is 11.8 Å². The number of nitrogens with one attached hydrogen (secondary N) is 1. The van der Waals surface area contributed by atoms with Crippen molar-refractivity contribution in [2.75, 3.05) is 6.54 Å². The van der Waals surface area contributed by atoms with Crippen molar-refractivity contribution in [2.45, 2.75) is 44.9 Å². The van der Waals surface area contributed by atoms with Gasteiger partial charge < -0.3 is 0 Å². The van der Waals surface area contributed by atoms with Gasteiger partial charge in [-0.15, -0.1) is 12.4 Å². The monoisotopic (exact) mass is 192 g/mol. The van der Waals surface area contributed by atoms with Gasteiger partial charge in [0.1, 0.15) is 0 Å². The van der Waals surface area contributed by atoms with Crippen LogP contribution in [0.2, 0.25) is 0 Å². The number of nitrogens with two attached hydrogens (primary N) is 1. The van der Waals surface area contributed by atoms with E-state index in [4.69, 9.17) is 5.84 Å². The summed E-state index contributed by atoms with van der Waals surface area (Å²) in [5, 5.41) is 0. The fourth-order valence-corrected chi connectivity index (χ4v) is 1.94. The van der Waals surface area contributed by atoms with Gasteiger partial charge in [-0.25, -0.2) is 0 Å². The zero-order valence-electron chi connectivity index (χ0n) is 7.72. The lowest BCUT2D eigenvalue weighted by atomic mass is 9.97. The molecule has 74 valence electrons. The smallest absolute Gasteiger partial charge is 0.01000 e. The van der Waals surface area contributed by atoms with Crippen LogP contribution in [0.3, 0.4) is 0 Å². The lowest BCUT2D eigenvalue weighted by Gasteiger charge is -2.12. The first-order valence-corrected chi connectivity index (χ1v) is 4.87. The van der Waals surface area contributed by atoms with Gasteiger partial charge in [-0.3, -0.25) is 11.3 Å². The molecule has 0 atom stereocenters. The Morgan fingerprint density at radius 2 is 1.67 bits per heavy atom. The van der Waals surface area contributed by atoms with Gasteiger partial charge >= 0.3 is 0 Å². The summed E-state index contributed by atoms with van der Waals surface area (Å²) in [7, 11) is 0. The van der Waals surface area contributed by atoms with Crippen molar-refractivity contribution >= 4 is 12.4 Å². The average molecular weight is 193 g/mol. The van der Waals surface area contributed by atoms with Crippen LogP contribution in [0.25, 0.3) is 0 Å². The van der Waals surface area contributed by atoms with E-state index in [9.17, 15) is 0 Å². The lowest BCUT2D eigenvalue weighted by Crippen LogP contribution is -2.24. The van der Waals surface area contributed by atoms with Crippen LogP contribution in [0, 0.1) is 5.92 Å². The third-order valence-corrected chi connectivity index (χ3v) is 2.67. The largest absolute Gasteiger partial charge is 0.271 e. The Hall–Kier alpha value is 0.210. The van der Waals surface area contributed by atoms with Gasteiger partial charge in [0.2, 0.25) is 0 Å². The summed E-state index contributed by atoms with van der Waals surface area (Å²) in [4.78, 5) is 0. The van der Waals surface area contributed by atoms with E-state index >= 15 is 0 Å². The van der Waals surface area contributed by atoms with Crippen molar-refractivity contribution in [1.29, 1.82) is 0 Å². The Morgan fingerprint density at radius 3 is 2.17 bits per heavy atom. The maximum absolute atomic E-state index is 5.23.